The van der Waals surface area contributed by atoms with E-state index in [2.05, 4.69) is 0 Å². The molecular formula is C15H20O5. The third kappa shape index (κ3) is 4.26. The molecule has 1 aromatic carbocycles. The van der Waals surface area contributed by atoms with Crippen molar-refractivity contribution in [2.45, 2.75) is 39.9 Å². The summed E-state index contributed by atoms with van der Waals surface area (Å²) in [7, 11) is 1.52. The summed E-state index contributed by atoms with van der Waals surface area (Å²) in [5.74, 6) is 0.240. The average Bonchev–Trinajstić information content (AvgIpc) is 2.37. The van der Waals surface area contributed by atoms with Gasteiger partial charge in [-0.1, -0.05) is 0 Å². The number of rotatable bonds is 6. The molecule has 0 saturated carbocycles. The van der Waals surface area contributed by atoms with Gasteiger partial charge in [0.2, 0.25) is 0 Å². The standard InChI is InChI=1S/C15H20O5/c1-9(2)19-15(17)11(4)20-14-8-12(18-5)6-7-13(14)10(3)16/h6-9,11H,1-5H3. The molecule has 0 aliphatic heterocycles. The van der Waals surface area contributed by atoms with Gasteiger partial charge in [0.25, 0.3) is 0 Å². The Kier molecular flexibility index (Phi) is 5.55. The molecule has 110 valence electrons. The normalized spacial score (nSPS) is 11.9. The Labute approximate surface area is 118 Å². The minimum absolute atomic E-state index is 0.146. The smallest absolute Gasteiger partial charge is 0.347 e. The molecule has 0 heterocycles. The van der Waals surface area contributed by atoms with Crippen molar-refractivity contribution in [3.8, 4) is 11.5 Å². The van der Waals surface area contributed by atoms with Crippen LogP contribution in [0.25, 0.3) is 0 Å². The van der Waals surface area contributed by atoms with Crippen LogP contribution >= 0.6 is 0 Å². The molecule has 5 heteroatoms. The monoisotopic (exact) mass is 280 g/mol. The molecule has 1 atom stereocenters. The zero-order valence-corrected chi connectivity index (χ0v) is 12.4. The second-order valence-corrected chi connectivity index (χ2v) is 4.66. The van der Waals surface area contributed by atoms with E-state index in [4.69, 9.17) is 14.2 Å². The maximum atomic E-state index is 11.7. The van der Waals surface area contributed by atoms with E-state index in [1.807, 2.05) is 0 Å². The quantitative estimate of drug-likeness (QED) is 0.592. The van der Waals surface area contributed by atoms with Crippen molar-refractivity contribution in [2.75, 3.05) is 7.11 Å². The summed E-state index contributed by atoms with van der Waals surface area (Å²) >= 11 is 0. The highest BCUT2D eigenvalue weighted by molar-refractivity contribution is 5.97. The fourth-order valence-corrected chi connectivity index (χ4v) is 1.58. The van der Waals surface area contributed by atoms with E-state index >= 15 is 0 Å². The first-order chi connectivity index (χ1) is 9.35. The Hall–Kier alpha value is -2.04. The molecule has 1 rings (SSSR count). The molecule has 0 aliphatic carbocycles. The third-order valence-electron chi connectivity index (χ3n) is 2.56. The second-order valence-electron chi connectivity index (χ2n) is 4.66. The van der Waals surface area contributed by atoms with Crippen LogP contribution in [-0.4, -0.2) is 31.1 Å². The number of Topliss-reactive ketones (excluding diaryl/α,β-unsaturated/α-hetero) is 1. The van der Waals surface area contributed by atoms with Gasteiger partial charge in [0.1, 0.15) is 11.5 Å². The molecule has 1 aromatic rings. The molecule has 0 N–H and O–H groups in total. The highest BCUT2D eigenvalue weighted by Gasteiger charge is 2.20. The van der Waals surface area contributed by atoms with Gasteiger partial charge in [0.05, 0.1) is 18.8 Å². The van der Waals surface area contributed by atoms with Crippen molar-refractivity contribution in [1.82, 2.24) is 0 Å². The number of hydrogen-bond donors (Lipinski definition) is 0. The highest BCUT2D eigenvalue weighted by atomic mass is 16.6. The average molecular weight is 280 g/mol. The molecule has 0 spiro atoms. The van der Waals surface area contributed by atoms with E-state index in [-0.39, 0.29) is 11.9 Å². The number of carbonyl (C=O) groups is 2. The lowest BCUT2D eigenvalue weighted by Crippen LogP contribution is -2.28. The summed E-state index contributed by atoms with van der Waals surface area (Å²) in [5.41, 5.74) is 0.398. The van der Waals surface area contributed by atoms with Crippen LogP contribution in [-0.2, 0) is 9.53 Å². The van der Waals surface area contributed by atoms with Crippen LogP contribution in [0.4, 0.5) is 0 Å². The molecule has 0 bridgehead atoms. The van der Waals surface area contributed by atoms with Gasteiger partial charge < -0.3 is 14.2 Å². The van der Waals surface area contributed by atoms with Gasteiger partial charge in [-0.15, -0.1) is 0 Å². The largest absolute Gasteiger partial charge is 0.497 e. The predicted molar refractivity (Wildman–Crippen MR) is 74.3 cm³/mol. The van der Waals surface area contributed by atoms with Crippen LogP contribution in [0.1, 0.15) is 38.1 Å². The van der Waals surface area contributed by atoms with Crippen molar-refractivity contribution in [1.29, 1.82) is 0 Å². The van der Waals surface area contributed by atoms with E-state index < -0.39 is 12.1 Å². The fourth-order valence-electron chi connectivity index (χ4n) is 1.58. The number of ether oxygens (including phenoxy) is 3. The summed E-state index contributed by atoms with van der Waals surface area (Å²) < 4.78 is 15.7. The topological polar surface area (TPSA) is 61.8 Å². The van der Waals surface area contributed by atoms with Crippen LogP contribution in [0, 0.1) is 0 Å². The van der Waals surface area contributed by atoms with Gasteiger partial charge in [-0.2, -0.15) is 0 Å². The first-order valence-corrected chi connectivity index (χ1v) is 6.41. The fraction of sp³-hybridized carbons (Fsp3) is 0.467. The van der Waals surface area contributed by atoms with Crippen molar-refractivity contribution >= 4 is 11.8 Å². The predicted octanol–water partition coefficient (Wildman–Crippen LogP) is 2.62. The van der Waals surface area contributed by atoms with E-state index in [0.29, 0.717) is 17.1 Å². The maximum Gasteiger partial charge on any atom is 0.347 e. The van der Waals surface area contributed by atoms with Crippen LogP contribution in [0.15, 0.2) is 18.2 Å². The minimum atomic E-state index is -0.803. The lowest BCUT2D eigenvalue weighted by Gasteiger charge is -2.17. The van der Waals surface area contributed by atoms with Gasteiger partial charge >= 0.3 is 5.97 Å². The summed E-state index contributed by atoms with van der Waals surface area (Å²) in [6, 6.07) is 4.85. The molecule has 0 aliphatic rings. The molecular weight excluding hydrogens is 260 g/mol. The molecule has 0 radical (unpaired) electrons. The first kappa shape index (κ1) is 16.0. The summed E-state index contributed by atoms with van der Waals surface area (Å²) in [6.07, 6.45) is -1.02. The molecule has 0 fully saturated rings. The number of hydrogen-bond acceptors (Lipinski definition) is 5. The molecule has 0 amide bonds. The Morgan fingerprint density at radius 3 is 2.30 bits per heavy atom. The van der Waals surface area contributed by atoms with Crippen molar-refractivity contribution in [3.05, 3.63) is 23.8 Å². The lowest BCUT2D eigenvalue weighted by molar-refractivity contribution is -0.154. The number of carbonyl (C=O) groups excluding carboxylic acids is 2. The van der Waals surface area contributed by atoms with Crippen LogP contribution in [0.2, 0.25) is 0 Å². The Bertz CT molecular complexity index is 493. The Morgan fingerprint density at radius 2 is 1.80 bits per heavy atom. The zero-order valence-electron chi connectivity index (χ0n) is 12.4. The zero-order chi connectivity index (χ0) is 15.3. The van der Waals surface area contributed by atoms with E-state index in [9.17, 15) is 9.59 Å². The summed E-state index contributed by atoms with van der Waals surface area (Å²) in [5, 5.41) is 0. The van der Waals surface area contributed by atoms with E-state index in [0.717, 1.165) is 0 Å². The molecule has 0 saturated heterocycles. The van der Waals surface area contributed by atoms with E-state index in [1.54, 1.807) is 39.0 Å². The van der Waals surface area contributed by atoms with Gasteiger partial charge in [-0.05, 0) is 39.8 Å². The maximum absolute atomic E-state index is 11.7. The number of esters is 1. The van der Waals surface area contributed by atoms with Crippen molar-refractivity contribution < 1.29 is 23.8 Å². The Balaban J connectivity index is 2.94. The first-order valence-electron chi connectivity index (χ1n) is 6.41. The Morgan fingerprint density at radius 1 is 1.15 bits per heavy atom. The third-order valence-corrected chi connectivity index (χ3v) is 2.56. The second kappa shape index (κ2) is 6.93. The van der Waals surface area contributed by atoms with Gasteiger partial charge in [-0.3, -0.25) is 4.79 Å². The summed E-state index contributed by atoms with van der Waals surface area (Å²) in [4.78, 5) is 23.3. The highest BCUT2D eigenvalue weighted by Crippen LogP contribution is 2.26. The van der Waals surface area contributed by atoms with Crippen LogP contribution < -0.4 is 9.47 Å². The van der Waals surface area contributed by atoms with Crippen molar-refractivity contribution in [2.24, 2.45) is 0 Å². The molecule has 0 aromatic heterocycles. The molecule has 5 nitrogen and oxygen atoms in total. The molecule has 1 unspecified atom stereocenters. The number of methoxy groups -OCH3 is 1. The van der Waals surface area contributed by atoms with Gasteiger partial charge in [-0.25, -0.2) is 4.79 Å². The van der Waals surface area contributed by atoms with Gasteiger partial charge in [0.15, 0.2) is 11.9 Å². The SMILES string of the molecule is COc1ccc(C(C)=O)c(OC(C)C(=O)OC(C)C)c1. The number of ketones is 1. The number of benzene rings is 1. The van der Waals surface area contributed by atoms with Crippen molar-refractivity contribution in [3.63, 3.8) is 0 Å². The van der Waals surface area contributed by atoms with Crippen LogP contribution in [0.3, 0.4) is 0 Å². The van der Waals surface area contributed by atoms with Gasteiger partial charge in [0, 0.05) is 6.07 Å². The minimum Gasteiger partial charge on any atom is -0.497 e. The van der Waals surface area contributed by atoms with E-state index in [1.165, 1.54) is 14.0 Å². The lowest BCUT2D eigenvalue weighted by atomic mass is 10.1. The summed E-state index contributed by atoms with van der Waals surface area (Å²) in [6.45, 7) is 6.54. The van der Waals surface area contributed by atoms with Crippen LogP contribution in [0.5, 0.6) is 11.5 Å². The molecule has 20 heavy (non-hydrogen) atoms.